The fourth-order valence-corrected chi connectivity index (χ4v) is 1.25. The van der Waals surface area contributed by atoms with Crippen molar-refractivity contribution in [2.45, 2.75) is 42.8 Å². The first-order chi connectivity index (χ1) is 6.67. The van der Waals surface area contributed by atoms with Crippen molar-refractivity contribution in [3.05, 3.63) is 18.4 Å². The Morgan fingerprint density at radius 2 is 1.87 bits per heavy atom. The van der Waals surface area contributed by atoms with Gasteiger partial charge in [-0.2, -0.15) is 0 Å². The van der Waals surface area contributed by atoms with E-state index >= 15 is 0 Å². The summed E-state index contributed by atoms with van der Waals surface area (Å²) in [6.07, 6.45) is 1.33. The van der Waals surface area contributed by atoms with Crippen LogP contribution in [0.1, 0.15) is 27.7 Å². The number of alkyl halides is 2. The van der Waals surface area contributed by atoms with Gasteiger partial charge >= 0.3 is 0 Å². The SMILES string of the molecule is C=C=CCOC(OC(C)(C)C)C(C)(Br)Br. The fraction of sp³-hybridized carbons (Fsp3) is 0.727. The summed E-state index contributed by atoms with van der Waals surface area (Å²) in [5, 5.41) is 0. The van der Waals surface area contributed by atoms with E-state index in [2.05, 4.69) is 44.2 Å². The minimum absolute atomic E-state index is 0.259. The van der Waals surface area contributed by atoms with Gasteiger partial charge in [0.15, 0.2) is 6.29 Å². The Balaban J connectivity index is 4.39. The first kappa shape index (κ1) is 15.4. The molecule has 0 fully saturated rings. The van der Waals surface area contributed by atoms with E-state index in [0.717, 1.165) is 0 Å². The zero-order chi connectivity index (χ0) is 12.1. The molecule has 0 aliphatic rings. The maximum absolute atomic E-state index is 5.76. The third kappa shape index (κ3) is 8.23. The predicted molar refractivity (Wildman–Crippen MR) is 70.5 cm³/mol. The molecule has 0 rings (SSSR count). The van der Waals surface area contributed by atoms with Crippen molar-refractivity contribution in [1.29, 1.82) is 0 Å². The highest BCUT2D eigenvalue weighted by atomic mass is 79.9. The van der Waals surface area contributed by atoms with E-state index in [-0.39, 0.29) is 11.9 Å². The average molecular weight is 342 g/mol. The van der Waals surface area contributed by atoms with Crippen molar-refractivity contribution < 1.29 is 9.47 Å². The monoisotopic (exact) mass is 340 g/mol. The average Bonchev–Trinajstić information content (AvgIpc) is 1.99. The number of rotatable bonds is 5. The van der Waals surface area contributed by atoms with Crippen LogP contribution in [0.3, 0.4) is 0 Å². The summed E-state index contributed by atoms with van der Waals surface area (Å²) in [6.45, 7) is 11.8. The van der Waals surface area contributed by atoms with Crippen LogP contribution in [0.4, 0.5) is 0 Å². The molecule has 15 heavy (non-hydrogen) atoms. The molecule has 2 nitrogen and oxygen atoms in total. The van der Waals surface area contributed by atoms with Crippen molar-refractivity contribution in [1.82, 2.24) is 0 Å². The molecule has 1 unspecified atom stereocenters. The molecule has 4 heteroatoms. The minimum Gasteiger partial charge on any atom is -0.346 e. The summed E-state index contributed by atoms with van der Waals surface area (Å²) in [4.78, 5) is 0. The molecule has 0 saturated carbocycles. The van der Waals surface area contributed by atoms with Crippen LogP contribution in [0.25, 0.3) is 0 Å². The van der Waals surface area contributed by atoms with E-state index < -0.39 is 3.23 Å². The second-order valence-electron chi connectivity index (χ2n) is 4.26. The molecule has 0 spiro atoms. The highest BCUT2D eigenvalue weighted by molar-refractivity contribution is 9.25. The van der Waals surface area contributed by atoms with Crippen molar-refractivity contribution in [3.8, 4) is 0 Å². The van der Waals surface area contributed by atoms with Gasteiger partial charge in [0.05, 0.1) is 12.2 Å². The smallest absolute Gasteiger partial charge is 0.183 e. The van der Waals surface area contributed by atoms with Crippen molar-refractivity contribution in [2.24, 2.45) is 0 Å². The highest BCUT2D eigenvalue weighted by Crippen LogP contribution is 2.34. The minimum atomic E-state index is -0.414. The van der Waals surface area contributed by atoms with Gasteiger partial charge in [-0.05, 0) is 33.8 Å². The molecule has 0 heterocycles. The molecule has 0 aliphatic heterocycles. The predicted octanol–water partition coefficient (Wildman–Crippen LogP) is 3.99. The number of halogens is 2. The van der Waals surface area contributed by atoms with Crippen molar-refractivity contribution in [2.75, 3.05) is 6.61 Å². The topological polar surface area (TPSA) is 18.5 Å². The molecule has 0 aromatic heterocycles. The van der Waals surface area contributed by atoms with E-state index in [9.17, 15) is 0 Å². The maximum atomic E-state index is 5.76. The third-order valence-corrected chi connectivity index (χ3v) is 2.10. The second-order valence-corrected chi connectivity index (χ2v) is 8.62. The molecule has 0 N–H and O–H groups in total. The van der Waals surface area contributed by atoms with Gasteiger partial charge in [0, 0.05) is 0 Å². The van der Waals surface area contributed by atoms with E-state index in [1.165, 1.54) is 0 Å². The Hall–Kier alpha value is 0.400. The van der Waals surface area contributed by atoms with Gasteiger partial charge in [-0.3, -0.25) is 0 Å². The number of hydrogen-bond acceptors (Lipinski definition) is 2. The Morgan fingerprint density at radius 3 is 2.20 bits per heavy atom. The highest BCUT2D eigenvalue weighted by Gasteiger charge is 2.33. The summed E-state index contributed by atoms with van der Waals surface area (Å²) in [6, 6.07) is 0. The molecule has 88 valence electrons. The largest absolute Gasteiger partial charge is 0.346 e. The lowest BCUT2D eigenvalue weighted by Crippen LogP contribution is -2.39. The molecule has 1 atom stereocenters. The van der Waals surface area contributed by atoms with Gasteiger partial charge in [-0.15, -0.1) is 5.73 Å². The van der Waals surface area contributed by atoms with E-state index in [0.29, 0.717) is 6.61 Å². The lowest BCUT2D eigenvalue weighted by atomic mass is 10.2. The lowest BCUT2D eigenvalue weighted by molar-refractivity contribution is -0.190. The van der Waals surface area contributed by atoms with Crippen LogP contribution in [-0.4, -0.2) is 21.7 Å². The summed E-state index contributed by atoms with van der Waals surface area (Å²) < 4.78 is 10.9. The molecule has 0 aromatic carbocycles. The van der Waals surface area contributed by atoms with Gasteiger partial charge in [-0.25, -0.2) is 0 Å². The van der Waals surface area contributed by atoms with E-state index in [1.54, 1.807) is 6.08 Å². The summed E-state index contributed by atoms with van der Waals surface area (Å²) in [7, 11) is 0. The first-order valence-electron chi connectivity index (χ1n) is 4.68. The van der Waals surface area contributed by atoms with E-state index in [4.69, 9.17) is 9.47 Å². The lowest BCUT2D eigenvalue weighted by Gasteiger charge is -2.33. The fourth-order valence-electron chi connectivity index (χ4n) is 0.799. The van der Waals surface area contributed by atoms with Gasteiger partial charge < -0.3 is 9.47 Å². The van der Waals surface area contributed by atoms with Gasteiger partial charge in [0.2, 0.25) is 0 Å². The summed E-state index contributed by atoms with van der Waals surface area (Å²) >= 11 is 6.93. The molecule has 0 bridgehead atoms. The Labute approximate surface area is 109 Å². The zero-order valence-electron chi connectivity index (χ0n) is 9.64. The van der Waals surface area contributed by atoms with Crippen LogP contribution in [-0.2, 0) is 9.47 Å². The zero-order valence-corrected chi connectivity index (χ0v) is 12.8. The van der Waals surface area contributed by atoms with Gasteiger partial charge in [0.25, 0.3) is 0 Å². The van der Waals surface area contributed by atoms with Crippen LogP contribution in [0.5, 0.6) is 0 Å². The standard InChI is InChI=1S/C11H18Br2O2/c1-6-7-8-14-9(11(5,12)13)15-10(2,3)4/h7,9H,1,8H2,2-5H3. The van der Waals surface area contributed by atoms with Crippen LogP contribution in [0.15, 0.2) is 18.4 Å². The van der Waals surface area contributed by atoms with Gasteiger partial charge in [-0.1, -0.05) is 38.4 Å². The molecule has 0 aromatic rings. The molecular formula is C11H18Br2O2. The number of hydrogen-bond donors (Lipinski definition) is 0. The van der Waals surface area contributed by atoms with Crippen molar-refractivity contribution in [3.63, 3.8) is 0 Å². The number of ether oxygens (including phenoxy) is 2. The van der Waals surface area contributed by atoms with Crippen molar-refractivity contribution >= 4 is 31.9 Å². The van der Waals surface area contributed by atoms with Crippen LogP contribution in [0.2, 0.25) is 0 Å². The first-order valence-corrected chi connectivity index (χ1v) is 6.27. The molecular weight excluding hydrogens is 324 g/mol. The summed E-state index contributed by atoms with van der Waals surface area (Å²) in [5.74, 6) is 0. The molecule has 0 amide bonds. The molecule has 0 radical (unpaired) electrons. The molecule has 0 aliphatic carbocycles. The van der Waals surface area contributed by atoms with Crippen LogP contribution >= 0.6 is 31.9 Å². The Morgan fingerprint density at radius 1 is 1.33 bits per heavy atom. The summed E-state index contributed by atoms with van der Waals surface area (Å²) in [5.41, 5.74) is 2.39. The Bertz CT molecular complexity index is 232. The van der Waals surface area contributed by atoms with Gasteiger partial charge in [0.1, 0.15) is 3.23 Å². The van der Waals surface area contributed by atoms with E-state index in [1.807, 2.05) is 27.7 Å². The van der Waals surface area contributed by atoms with Crippen LogP contribution in [0, 0.1) is 0 Å². The normalized spacial score (nSPS) is 14.5. The van der Waals surface area contributed by atoms with Crippen LogP contribution < -0.4 is 0 Å². The Kier molecular flexibility index (Phi) is 6.38. The quantitative estimate of drug-likeness (QED) is 0.427. The maximum Gasteiger partial charge on any atom is 0.183 e. The third-order valence-electron chi connectivity index (χ3n) is 1.35. The molecule has 0 saturated heterocycles. The second kappa shape index (κ2) is 6.21.